The number of aliphatic hydroxyl groups excluding tert-OH is 1. The van der Waals surface area contributed by atoms with Crippen LogP contribution in [0, 0.1) is 0 Å². The number of hydrogen-bond donors (Lipinski definition) is 2. The third kappa shape index (κ3) is 5.48. The van der Waals surface area contributed by atoms with Gasteiger partial charge in [-0.1, -0.05) is 0 Å². The molecule has 0 radical (unpaired) electrons. The SMILES string of the molecule is O=S(=O)(NCC[C@H](O)c1ccsc1)c1ccc(OC(F)(F)F)cc1. The molecule has 1 aromatic heterocycles. The second-order valence-electron chi connectivity index (χ2n) is 4.78. The molecule has 24 heavy (non-hydrogen) atoms. The number of rotatable bonds is 7. The van der Waals surface area contributed by atoms with Crippen LogP contribution >= 0.6 is 11.3 Å². The predicted octanol–water partition coefficient (Wildman–Crippen LogP) is 3.05. The number of ether oxygens (including phenoxy) is 1. The molecule has 0 saturated carbocycles. The summed E-state index contributed by atoms with van der Waals surface area (Å²) in [6, 6.07) is 5.60. The summed E-state index contributed by atoms with van der Waals surface area (Å²) < 4.78 is 66.2. The molecule has 2 aromatic rings. The van der Waals surface area contributed by atoms with Crippen LogP contribution in [0.3, 0.4) is 0 Å². The molecule has 5 nitrogen and oxygen atoms in total. The molecule has 10 heteroatoms. The average molecular weight is 381 g/mol. The van der Waals surface area contributed by atoms with Gasteiger partial charge in [-0.15, -0.1) is 13.2 Å². The zero-order valence-electron chi connectivity index (χ0n) is 12.2. The summed E-state index contributed by atoms with van der Waals surface area (Å²) in [5.74, 6) is -0.505. The lowest BCUT2D eigenvalue weighted by molar-refractivity contribution is -0.274. The van der Waals surface area contributed by atoms with Gasteiger partial charge in [0.15, 0.2) is 0 Å². The third-order valence-electron chi connectivity index (χ3n) is 3.01. The van der Waals surface area contributed by atoms with E-state index in [1.54, 1.807) is 16.8 Å². The second-order valence-corrected chi connectivity index (χ2v) is 7.33. The molecule has 2 rings (SSSR count). The zero-order valence-corrected chi connectivity index (χ0v) is 13.8. The molecule has 0 aliphatic carbocycles. The van der Waals surface area contributed by atoms with Crippen molar-refractivity contribution < 1.29 is 31.4 Å². The minimum atomic E-state index is -4.84. The molecular weight excluding hydrogens is 367 g/mol. The first-order chi connectivity index (χ1) is 11.2. The molecule has 1 atom stereocenters. The number of hydrogen-bond acceptors (Lipinski definition) is 5. The fourth-order valence-corrected chi connectivity index (χ4v) is 3.62. The number of aliphatic hydroxyl groups is 1. The third-order valence-corrected chi connectivity index (χ3v) is 5.18. The monoisotopic (exact) mass is 381 g/mol. The highest BCUT2D eigenvalue weighted by molar-refractivity contribution is 7.89. The zero-order chi connectivity index (χ0) is 17.8. The molecule has 0 spiro atoms. The number of alkyl halides is 3. The van der Waals surface area contributed by atoms with E-state index < -0.39 is 28.2 Å². The number of benzene rings is 1. The molecule has 0 saturated heterocycles. The van der Waals surface area contributed by atoms with Crippen molar-refractivity contribution in [1.29, 1.82) is 0 Å². The van der Waals surface area contributed by atoms with Crippen molar-refractivity contribution in [1.82, 2.24) is 4.72 Å². The molecule has 0 aliphatic rings. The lowest BCUT2D eigenvalue weighted by Crippen LogP contribution is -2.26. The molecule has 0 aliphatic heterocycles. The normalized spacial score (nSPS) is 13.7. The van der Waals surface area contributed by atoms with Crippen LogP contribution < -0.4 is 9.46 Å². The highest BCUT2D eigenvalue weighted by Gasteiger charge is 2.31. The maximum atomic E-state index is 12.1. The van der Waals surface area contributed by atoms with E-state index in [2.05, 4.69) is 9.46 Å². The van der Waals surface area contributed by atoms with E-state index in [0.29, 0.717) is 5.56 Å². The van der Waals surface area contributed by atoms with Gasteiger partial charge < -0.3 is 9.84 Å². The first kappa shape index (κ1) is 18.7. The van der Waals surface area contributed by atoms with Gasteiger partial charge in [-0.05, 0) is 53.1 Å². The molecular formula is C14H14F3NO4S2. The van der Waals surface area contributed by atoms with E-state index in [9.17, 15) is 26.7 Å². The van der Waals surface area contributed by atoms with Crippen LogP contribution in [-0.4, -0.2) is 26.4 Å². The molecule has 1 heterocycles. The van der Waals surface area contributed by atoms with Crippen molar-refractivity contribution in [3.63, 3.8) is 0 Å². The quantitative estimate of drug-likeness (QED) is 0.773. The van der Waals surface area contributed by atoms with E-state index in [4.69, 9.17) is 0 Å². The Kier molecular flexibility index (Phi) is 5.86. The largest absolute Gasteiger partial charge is 0.573 e. The Morgan fingerprint density at radius 1 is 1.21 bits per heavy atom. The molecule has 0 fully saturated rings. The van der Waals surface area contributed by atoms with Gasteiger partial charge >= 0.3 is 6.36 Å². The molecule has 0 unspecified atom stereocenters. The van der Waals surface area contributed by atoms with E-state index in [1.807, 2.05) is 0 Å². The van der Waals surface area contributed by atoms with Crippen LogP contribution in [0.2, 0.25) is 0 Å². The number of thiophene rings is 1. The van der Waals surface area contributed by atoms with Gasteiger partial charge in [0.2, 0.25) is 10.0 Å². The van der Waals surface area contributed by atoms with Crippen molar-refractivity contribution in [3.8, 4) is 5.75 Å². The number of sulfonamides is 1. The Balaban J connectivity index is 1.92. The highest BCUT2D eigenvalue weighted by Crippen LogP contribution is 2.24. The topological polar surface area (TPSA) is 75.6 Å². The van der Waals surface area contributed by atoms with E-state index in [0.717, 1.165) is 24.3 Å². The molecule has 2 N–H and O–H groups in total. The number of halogens is 3. The Hall–Kier alpha value is -1.62. The average Bonchev–Trinajstić information content (AvgIpc) is 3.00. The Morgan fingerprint density at radius 2 is 1.88 bits per heavy atom. The summed E-state index contributed by atoms with van der Waals surface area (Å²) in [4.78, 5) is -0.193. The van der Waals surface area contributed by atoms with Gasteiger partial charge in [-0.3, -0.25) is 0 Å². The van der Waals surface area contributed by atoms with Crippen LogP contribution in [0.25, 0.3) is 0 Å². The first-order valence-corrected chi connectivity index (χ1v) is 9.15. The summed E-state index contributed by atoms with van der Waals surface area (Å²) in [6.45, 7) is -0.0137. The van der Waals surface area contributed by atoms with Crippen molar-refractivity contribution >= 4 is 21.4 Å². The lowest BCUT2D eigenvalue weighted by atomic mass is 10.1. The van der Waals surface area contributed by atoms with Gasteiger partial charge in [0, 0.05) is 6.54 Å². The first-order valence-electron chi connectivity index (χ1n) is 6.73. The fraction of sp³-hybridized carbons (Fsp3) is 0.286. The maximum Gasteiger partial charge on any atom is 0.573 e. The maximum absolute atomic E-state index is 12.1. The van der Waals surface area contributed by atoms with Crippen LogP contribution in [0.4, 0.5) is 13.2 Å². The van der Waals surface area contributed by atoms with Crippen LogP contribution in [0.5, 0.6) is 5.75 Å². The second kappa shape index (κ2) is 7.51. The van der Waals surface area contributed by atoms with Gasteiger partial charge in [0.25, 0.3) is 0 Å². The van der Waals surface area contributed by atoms with E-state index in [-0.39, 0.29) is 17.9 Å². The van der Waals surface area contributed by atoms with Crippen molar-refractivity contribution in [2.75, 3.05) is 6.54 Å². The summed E-state index contributed by atoms with van der Waals surface area (Å²) in [7, 11) is -3.88. The van der Waals surface area contributed by atoms with Crippen molar-refractivity contribution in [2.45, 2.75) is 23.8 Å². The van der Waals surface area contributed by atoms with Gasteiger partial charge in [-0.25, -0.2) is 13.1 Å². The van der Waals surface area contributed by atoms with Gasteiger partial charge in [0.1, 0.15) is 5.75 Å². The minimum absolute atomic E-state index is 0.0137. The summed E-state index contributed by atoms with van der Waals surface area (Å²) >= 11 is 1.42. The van der Waals surface area contributed by atoms with E-state index >= 15 is 0 Å². The summed E-state index contributed by atoms with van der Waals surface area (Å²) in [5, 5.41) is 13.4. The van der Waals surface area contributed by atoms with Crippen LogP contribution in [0.15, 0.2) is 46.0 Å². The predicted molar refractivity (Wildman–Crippen MR) is 82.2 cm³/mol. The summed E-state index contributed by atoms with van der Waals surface area (Å²) in [5.41, 5.74) is 0.702. The fourth-order valence-electron chi connectivity index (χ4n) is 1.87. The Labute approximate surface area is 140 Å². The van der Waals surface area contributed by atoms with E-state index in [1.165, 1.54) is 11.3 Å². The van der Waals surface area contributed by atoms with Crippen LogP contribution in [0.1, 0.15) is 18.1 Å². The molecule has 0 amide bonds. The Morgan fingerprint density at radius 3 is 2.42 bits per heavy atom. The van der Waals surface area contributed by atoms with Gasteiger partial charge in [-0.2, -0.15) is 11.3 Å². The summed E-state index contributed by atoms with van der Waals surface area (Å²) in [6.07, 6.45) is -5.46. The molecule has 1 aromatic carbocycles. The molecule has 132 valence electrons. The smallest absolute Gasteiger partial charge is 0.406 e. The van der Waals surface area contributed by atoms with Gasteiger partial charge in [0.05, 0.1) is 11.0 Å². The lowest BCUT2D eigenvalue weighted by Gasteiger charge is -2.11. The standard InChI is InChI=1S/C14H14F3NO4S2/c15-14(16,17)22-11-1-3-12(4-2-11)24(20,21)18-7-5-13(19)10-6-8-23-9-10/h1-4,6,8-9,13,18-19H,5,7H2/t13-/m0/s1. The highest BCUT2D eigenvalue weighted by atomic mass is 32.2. The van der Waals surface area contributed by atoms with Crippen molar-refractivity contribution in [2.24, 2.45) is 0 Å². The van der Waals surface area contributed by atoms with Crippen molar-refractivity contribution in [3.05, 3.63) is 46.7 Å². The van der Waals surface area contributed by atoms with Crippen LogP contribution in [-0.2, 0) is 10.0 Å². The number of nitrogens with one attached hydrogen (secondary N) is 1. The Bertz CT molecular complexity index is 743. The molecule has 0 bridgehead atoms. The minimum Gasteiger partial charge on any atom is -0.406 e.